The van der Waals surface area contributed by atoms with Gasteiger partial charge in [0.15, 0.2) is 0 Å². The Hall–Kier alpha value is 0.390. The Morgan fingerprint density at radius 1 is 1.40 bits per heavy atom. The zero-order chi connectivity index (χ0) is 11.7. The van der Waals surface area contributed by atoms with Gasteiger partial charge in [0.2, 0.25) is 10.0 Å². The minimum absolute atomic E-state index is 0.468. The summed E-state index contributed by atoms with van der Waals surface area (Å²) < 4.78 is 25.3. The van der Waals surface area contributed by atoms with Gasteiger partial charge < -0.3 is 0 Å². The number of nitrogens with zero attached hydrogens (tertiary/aromatic N) is 1. The Morgan fingerprint density at radius 3 is 2.47 bits per heavy atom. The molecule has 0 amide bonds. The first-order valence-corrected chi connectivity index (χ1v) is 7.91. The van der Waals surface area contributed by atoms with E-state index in [1.807, 2.05) is 0 Å². The lowest BCUT2D eigenvalue weighted by atomic mass is 10.0. The molecule has 1 atom stereocenters. The first kappa shape index (κ1) is 13.5. The summed E-state index contributed by atoms with van der Waals surface area (Å²) in [7, 11) is -3.13. The molecule has 1 fully saturated rings. The van der Waals surface area contributed by atoms with Gasteiger partial charge in [-0.05, 0) is 39.5 Å². The summed E-state index contributed by atoms with van der Waals surface area (Å²) in [6, 6.07) is 0. The number of piperidine rings is 1. The molecule has 0 spiro atoms. The van der Waals surface area contributed by atoms with Gasteiger partial charge in [-0.2, -0.15) is 0 Å². The van der Waals surface area contributed by atoms with Crippen LogP contribution >= 0.6 is 15.9 Å². The molecule has 0 aliphatic carbocycles. The van der Waals surface area contributed by atoms with Gasteiger partial charge in [-0.25, -0.2) is 12.7 Å². The highest BCUT2D eigenvalue weighted by molar-refractivity contribution is 9.09. The molecular weight excluding hydrogens is 278 g/mol. The Morgan fingerprint density at radius 2 is 2.00 bits per heavy atom. The molecule has 0 aromatic heterocycles. The van der Waals surface area contributed by atoms with Crippen molar-refractivity contribution in [3.63, 3.8) is 0 Å². The minimum atomic E-state index is -3.13. The molecule has 1 saturated heterocycles. The number of rotatable bonds is 2. The van der Waals surface area contributed by atoms with Gasteiger partial charge in [-0.15, -0.1) is 0 Å². The van der Waals surface area contributed by atoms with Gasteiger partial charge >= 0.3 is 0 Å². The van der Waals surface area contributed by atoms with E-state index in [9.17, 15) is 8.42 Å². The smallest absolute Gasteiger partial charge is 0.212 e. The summed E-state index contributed by atoms with van der Waals surface area (Å²) >= 11 is 3.43. The van der Waals surface area contributed by atoms with Crippen LogP contribution in [0, 0.1) is 5.92 Å². The van der Waals surface area contributed by atoms with Crippen LogP contribution in [0.25, 0.3) is 0 Å². The van der Waals surface area contributed by atoms with Crippen molar-refractivity contribution < 1.29 is 8.42 Å². The predicted molar refractivity (Wildman–Crippen MR) is 66.8 cm³/mol. The predicted octanol–water partition coefficient (Wildman–Crippen LogP) is 2.22. The average molecular weight is 298 g/mol. The summed E-state index contributed by atoms with van der Waals surface area (Å²) in [6.45, 7) is 6.65. The molecule has 0 radical (unpaired) electrons. The number of alkyl halides is 1. The minimum Gasteiger partial charge on any atom is -0.212 e. The number of hydrogen-bond acceptors (Lipinski definition) is 2. The summed E-state index contributed by atoms with van der Waals surface area (Å²) in [5, 5.41) is 0.892. The summed E-state index contributed by atoms with van der Waals surface area (Å²) in [4.78, 5) is 0. The zero-order valence-corrected chi connectivity index (χ0v) is 12.1. The molecule has 1 aliphatic heterocycles. The Kier molecular flexibility index (Phi) is 4.23. The van der Waals surface area contributed by atoms with Crippen molar-refractivity contribution in [2.75, 3.05) is 18.4 Å². The van der Waals surface area contributed by atoms with Crippen molar-refractivity contribution in [2.45, 2.75) is 38.4 Å². The van der Waals surface area contributed by atoms with Crippen molar-refractivity contribution in [3.8, 4) is 0 Å². The molecular formula is C10H20BrNO2S. The van der Waals surface area contributed by atoms with Crippen LogP contribution in [0.15, 0.2) is 0 Å². The number of halogens is 1. The SMILES string of the molecule is CC(C)(C)S(=O)(=O)N1CCCC(CBr)C1. The summed E-state index contributed by atoms with van der Waals surface area (Å²) in [5.41, 5.74) is 0. The van der Waals surface area contributed by atoms with Crippen LogP contribution in [0.5, 0.6) is 0 Å². The molecule has 0 bridgehead atoms. The quantitative estimate of drug-likeness (QED) is 0.733. The largest absolute Gasteiger partial charge is 0.219 e. The van der Waals surface area contributed by atoms with Crippen LogP contribution in [0.4, 0.5) is 0 Å². The van der Waals surface area contributed by atoms with E-state index in [1.54, 1.807) is 25.1 Å². The van der Waals surface area contributed by atoms with Crippen molar-refractivity contribution in [1.29, 1.82) is 0 Å². The van der Waals surface area contributed by atoms with E-state index in [2.05, 4.69) is 15.9 Å². The van der Waals surface area contributed by atoms with Crippen molar-refractivity contribution in [3.05, 3.63) is 0 Å². The van der Waals surface area contributed by atoms with E-state index in [-0.39, 0.29) is 0 Å². The zero-order valence-electron chi connectivity index (χ0n) is 9.66. The Bertz CT molecular complexity index is 308. The fourth-order valence-corrected chi connectivity index (χ4v) is 3.84. The molecule has 1 aliphatic rings. The first-order valence-electron chi connectivity index (χ1n) is 5.34. The maximum Gasteiger partial charge on any atom is 0.219 e. The van der Waals surface area contributed by atoms with Gasteiger partial charge in [-0.3, -0.25) is 0 Å². The third-order valence-electron chi connectivity index (χ3n) is 2.81. The molecule has 1 unspecified atom stereocenters. The van der Waals surface area contributed by atoms with E-state index in [4.69, 9.17) is 0 Å². The van der Waals surface area contributed by atoms with Crippen LogP contribution in [0.1, 0.15) is 33.6 Å². The number of hydrogen-bond donors (Lipinski definition) is 0. The lowest BCUT2D eigenvalue weighted by Gasteiger charge is -2.35. The molecule has 5 heteroatoms. The van der Waals surface area contributed by atoms with Crippen LogP contribution in [-0.2, 0) is 10.0 Å². The summed E-state index contributed by atoms with van der Waals surface area (Å²) in [6.07, 6.45) is 2.10. The molecule has 3 nitrogen and oxygen atoms in total. The monoisotopic (exact) mass is 297 g/mol. The molecule has 0 N–H and O–H groups in total. The van der Waals surface area contributed by atoms with E-state index < -0.39 is 14.8 Å². The van der Waals surface area contributed by atoms with Gasteiger partial charge in [0.1, 0.15) is 0 Å². The molecule has 1 rings (SSSR count). The molecule has 0 saturated carbocycles. The van der Waals surface area contributed by atoms with E-state index >= 15 is 0 Å². The second kappa shape index (κ2) is 4.72. The topological polar surface area (TPSA) is 37.4 Å². The highest BCUT2D eigenvalue weighted by Gasteiger charge is 2.37. The van der Waals surface area contributed by atoms with Crippen molar-refractivity contribution in [2.24, 2.45) is 5.92 Å². The third kappa shape index (κ3) is 2.94. The fraction of sp³-hybridized carbons (Fsp3) is 1.00. The standard InChI is InChI=1S/C10H20BrNO2S/c1-10(2,3)15(13,14)12-6-4-5-9(7-11)8-12/h9H,4-8H2,1-3H3. The van der Waals surface area contributed by atoms with E-state index in [1.165, 1.54) is 0 Å². The molecule has 0 aromatic rings. The van der Waals surface area contributed by atoms with Gasteiger partial charge in [0.25, 0.3) is 0 Å². The first-order chi connectivity index (χ1) is 6.79. The Balaban J connectivity index is 2.80. The highest BCUT2D eigenvalue weighted by Crippen LogP contribution is 2.26. The molecule has 1 heterocycles. The molecule has 90 valence electrons. The summed E-state index contributed by atoms with van der Waals surface area (Å²) in [5.74, 6) is 0.468. The van der Waals surface area contributed by atoms with Crippen LogP contribution in [0.2, 0.25) is 0 Å². The maximum atomic E-state index is 12.2. The van der Waals surface area contributed by atoms with Gasteiger partial charge in [-0.1, -0.05) is 15.9 Å². The third-order valence-corrected chi connectivity index (χ3v) is 6.29. The van der Waals surface area contributed by atoms with Crippen molar-refractivity contribution >= 4 is 26.0 Å². The second-order valence-electron chi connectivity index (χ2n) is 5.14. The lowest BCUT2D eigenvalue weighted by Crippen LogP contribution is -2.47. The lowest BCUT2D eigenvalue weighted by molar-refractivity contribution is 0.279. The maximum absolute atomic E-state index is 12.2. The van der Waals surface area contributed by atoms with Crippen LogP contribution in [0.3, 0.4) is 0 Å². The van der Waals surface area contributed by atoms with Crippen molar-refractivity contribution in [1.82, 2.24) is 4.31 Å². The Labute approximate surface area is 101 Å². The van der Waals surface area contributed by atoms with Gasteiger partial charge in [0, 0.05) is 18.4 Å². The van der Waals surface area contributed by atoms with Crippen LogP contribution in [-0.4, -0.2) is 35.9 Å². The van der Waals surface area contributed by atoms with E-state index in [0.717, 1.165) is 18.2 Å². The normalized spacial score (nSPS) is 25.5. The number of sulfonamides is 1. The second-order valence-corrected chi connectivity index (χ2v) is 8.48. The highest BCUT2D eigenvalue weighted by atomic mass is 79.9. The van der Waals surface area contributed by atoms with Gasteiger partial charge in [0.05, 0.1) is 4.75 Å². The molecule has 0 aromatic carbocycles. The molecule has 15 heavy (non-hydrogen) atoms. The fourth-order valence-electron chi connectivity index (χ4n) is 1.76. The van der Waals surface area contributed by atoms with E-state index in [0.29, 0.717) is 19.0 Å². The van der Waals surface area contributed by atoms with Crippen LogP contribution < -0.4 is 0 Å². The average Bonchev–Trinajstić information content (AvgIpc) is 2.16.